The number of ether oxygens (including phenoxy) is 1. The van der Waals surface area contributed by atoms with Gasteiger partial charge in [-0.15, -0.1) is 0 Å². The van der Waals surface area contributed by atoms with E-state index in [1.54, 1.807) is 4.98 Å². The molecule has 7 N–H and O–H groups in total. The van der Waals surface area contributed by atoms with Crippen LogP contribution in [0.25, 0.3) is 0 Å². The molecule has 33 heavy (non-hydrogen) atoms. The zero-order valence-electron chi connectivity index (χ0n) is 16.0. The van der Waals surface area contributed by atoms with E-state index in [-0.39, 0.29) is 0 Å². The quantitative estimate of drug-likeness (QED) is 0.174. The van der Waals surface area contributed by atoms with E-state index >= 15 is 0 Å². The van der Waals surface area contributed by atoms with Crippen molar-refractivity contribution < 1.29 is 70.1 Å². The van der Waals surface area contributed by atoms with E-state index < -0.39 is 71.3 Å². The second kappa shape index (κ2) is 9.13. The van der Waals surface area contributed by atoms with Gasteiger partial charge in [0.2, 0.25) is 0 Å². The number of aromatic amines is 1. The van der Waals surface area contributed by atoms with Gasteiger partial charge in [-0.2, -0.15) is 8.62 Å². The Morgan fingerprint density at radius 1 is 1.18 bits per heavy atom. The van der Waals surface area contributed by atoms with E-state index in [4.69, 9.17) is 19.4 Å². The fourth-order valence-electron chi connectivity index (χ4n) is 2.80. The summed E-state index contributed by atoms with van der Waals surface area (Å²) in [6, 6.07) is 0.752. The smallest absolute Gasteiger partial charge is 0.387 e. The Kier molecular flexibility index (Phi) is 7.76. The van der Waals surface area contributed by atoms with Crippen LogP contribution in [0.5, 0.6) is 0 Å². The van der Waals surface area contributed by atoms with Crippen LogP contribution in [0.2, 0.25) is 0 Å². The van der Waals surface area contributed by atoms with Crippen LogP contribution in [0, 0.1) is 0 Å². The summed E-state index contributed by atoms with van der Waals surface area (Å²) in [6.07, 6.45) is -7.84. The molecule has 0 aliphatic carbocycles. The normalized spacial score (nSPS) is 31.9. The summed E-state index contributed by atoms with van der Waals surface area (Å²) in [7, 11) is -17.6. The van der Waals surface area contributed by atoms with Gasteiger partial charge in [0.25, 0.3) is 12.0 Å². The van der Waals surface area contributed by atoms with Gasteiger partial charge in [0.05, 0.1) is 6.61 Å². The van der Waals surface area contributed by atoms with Gasteiger partial charge in [-0.25, -0.2) is 27.3 Å². The van der Waals surface area contributed by atoms with Crippen LogP contribution in [-0.2, 0) is 31.6 Å². The minimum Gasteiger partial charge on any atom is -0.387 e. The van der Waals surface area contributed by atoms with Crippen LogP contribution in [0.1, 0.15) is 13.2 Å². The van der Waals surface area contributed by atoms with Gasteiger partial charge in [-0.1, -0.05) is 0 Å². The average Bonchev–Trinajstić information content (AvgIpc) is 2.78. The third-order valence-corrected chi connectivity index (χ3v) is 7.97. The van der Waals surface area contributed by atoms with E-state index in [0.29, 0.717) is 4.57 Å². The number of H-pyrrole nitrogens is 1. The number of phosphoric ester groups is 1. The number of hydrogen-bond donors (Lipinski definition) is 7. The minimum atomic E-state index is -5.98. The predicted octanol–water partition coefficient (Wildman–Crippen LogP) is -1.48. The second-order valence-corrected chi connectivity index (χ2v) is 11.2. The van der Waals surface area contributed by atoms with Crippen LogP contribution >= 0.6 is 23.5 Å². The molecule has 1 aromatic heterocycles. The van der Waals surface area contributed by atoms with E-state index in [1.165, 1.54) is 0 Å². The molecule has 0 bridgehead atoms. The maximum absolute atomic E-state index is 13.9. The maximum Gasteiger partial charge on any atom is 0.490 e. The summed E-state index contributed by atoms with van der Waals surface area (Å²) in [4.78, 5) is 60.4. The van der Waals surface area contributed by atoms with E-state index in [1.807, 2.05) is 0 Å². The minimum absolute atomic E-state index is 0.416. The summed E-state index contributed by atoms with van der Waals surface area (Å²) < 4.78 is 78.0. The SMILES string of the molecule is C[C@]1(O)C(n2ccc(=O)[nH]c2=O)O[C@@](COP(=O)(O)OP(=O)(O)OP(=O)(O)O)(C(F)F)[C@H]1O. The lowest BCUT2D eigenvalue weighted by atomic mass is 9.88. The summed E-state index contributed by atoms with van der Waals surface area (Å²) in [5.74, 6) is 0. The summed E-state index contributed by atoms with van der Waals surface area (Å²) in [6.45, 7) is -1.09. The zero-order valence-corrected chi connectivity index (χ0v) is 18.7. The summed E-state index contributed by atoms with van der Waals surface area (Å²) in [5, 5.41) is 20.9. The van der Waals surface area contributed by atoms with Crippen LogP contribution in [0.4, 0.5) is 8.78 Å². The highest BCUT2D eigenvalue weighted by molar-refractivity contribution is 7.66. The number of aliphatic hydroxyl groups is 2. The third kappa shape index (κ3) is 6.29. The first kappa shape index (κ1) is 28.1. The Bertz CT molecular complexity index is 1150. The molecule has 6 atom stereocenters. The van der Waals surface area contributed by atoms with Crippen LogP contribution in [0.3, 0.4) is 0 Å². The molecule has 0 amide bonds. The highest BCUT2D eigenvalue weighted by Crippen LogP contribution is 2.66. The highest BCUT2D eigenvalue weighted by Gasteiger charge is 2.67. The molecule has 1 aliphatic rings. The molecule has 0 spiro atoms. The van der Waals surface area contributed by atoms with Gasteiger partial charge < -0.3 is 34.5 Å². The van der Waals surface area contributed by atoms with Crippen LogP contribution < -0.4 is 11.2 Å². The maximum atomic E-state index is 13.9. The lowest BCUT2D eigenvalue weighted by Crippen LogP contribution is -2.55. The van der Waals surface area contributed by atoms with Crippen molar-refractivity contribution in [1.82, 2.24) is 9.55 Å². The number of alkyl halides is 2. The Balaban J connectivity index is 2.35. The first-order valence-electron chi connectivity index (χ1n) is 8.19. The monoisotopic (exact) mass is 548 g/mol. The molecule has 1 aliphatic heterocycles. The second-order valence-electron chi connectivity index (χ2n) is 6.74. The van der Waals surface area contributed by atoms with Gasteiger partial charge in [0.15, 0.2) is 11.8 Å². The number of halogens is 2. The first-order valence-corrected chi connectivity index (χ1v) is 12.7. The number of hydrogen-bond acceptors (Lipinski definition) is 11. The Morgan fingerprint density at radius 2 is 1.76 bits per heavy atom. The van der Waals surface area contributed by atoms with Gasteiger partial charge in [0, 0.05) is 12.3 Å². The standard InChI is InChI=1S/C11H17F2N2O15P3/c1-10(19)6(17)11(7(12)13,28-8(10)15-3-2-5(16)14-9(15)18)4-27-32(23,24)30-33(25,26)29-31(20,21)22/h2-3,6-8,17,19H,4H2,1H3,(H,23,24)(H,25,26)(H,14,16,18)(H2,20,21,22)/t6-,8?,10+,11+/m0/s1. The first-order chi connectivity index (χ1) is 14.7. The Hall–Kier alpha value is -1.17. The fraction of sp³-hybridized carbons (Fsp3) is 0.636. The number of aliphatic hydroxyl groups excluding tert-OH is 1. The third-order valence-electron chi connectivity index (χ3n) is 4.19. The summed E-state index contributed by atoms with van der Waals surface area (Å²) in [5.41, 5.74) is -8.23. The number of phosphoric acid groups is 3. The van der Waals surface area contributed by atoms with Crippen molar-refractivity contribution in [2.24, 2.45) is 0 Å². The Labute approximate surface area is 180 Å². The average molecular weight is 548 g/mol. The van der Waals surface area contributed by atoms with Crippen molar-refractivity contribution >= 4 is 23.5 Å². The van der Waals surface area contributed by atoms with Gasteiger partial charge in [-0.3, -0.25) is 18.9 Å². The molecule has 190 valence electrons. The molecule has 2 rings (SSSR count). The van der Waals surface area contributed by atoms with Gasteiger partial charge in [-0.05, 0) is 6.92 Å². The molecule has 2 heterocycles. The fourth-order valence-corrected chi connectivity index (χ4v) is 5.86. The molecule has 1 aromatic rings. The molecule has 17 nitrogen and oxygen atoms in total. The van der Waals surface area contributed by atoms with Crippen molar-refractivity contribution in [2.75, 3.05) is 6.61 Å². The molecule has 22 heteroatoms. The largest absolute Gasteiger partial charge is 0.490 e. The molecular formula is C11H17F2N2O15P3. The van der Waals surface area contributed by atoms with E-state index in [2.05, 4.69) is 13.1 Å². The molecule has 0 saturated carbocycles. The van der Waals surface area contributed by atoms with Crippen molar-refractivity contribution in [3.63, 3.8) is 0 Å². The lowest BCUT2D eigenvalue weighted by molar-refractivity contribution is -0.193. The topological polar surface area (TPSA) is 264 Å². The highest BCUT2D eigenvalue weighted by atomic mass is 31.3. The number of aromatic nitrogens is 2. The van der Waals surface area contributed by atoms with Crippen molar-refractivity contribution in [2.45, 2.75) is 36.9 Å². The zero-order chi connectivity index (χ0) is 25.6. The predicted molar refractivity (Wildman–Crippen MR) is 96.6 cm³/mol. The summed E-state index contributed by atoms with van der Waals surface area (Å²) >= 11 is 0. The lowest BCUT2D eigenvalue weighted by Gasteiger charge is -2.32. The Morgan fingerprint density at radius 3 is 2.24 bits per heavy atom. The molecule has 0 radical (unpaired) electrons. The van der Waals surface area contributed by atoms with E-state index in [9.17, 15) is 47.2 Å². The number of rotatable bonds is 9. The number of nitrogens with zero attached hydrogens (tertiary/aromatic N) is 1. The molecule has 3 unspecified atom stereocenters. The molecule has 1 fully saturated rings. The van der Waals surface area contributed by atoms with Crippen molar-refractivity contribution in [3.05, 3.63) is 33.1 Å². The van der Waals surface area contributed by atoms with Crippen LogP contribution in [0.15, 0.2) is 21.9 Å². The van der Waals surface area contributed by atoms with Gasteiger partial charge >= 0.3 is 29.2 Å². The van der Waals surface area contributed by atoms with E-state index in [0.717, 1.165) is 19.2 Å². The van der Waals surface area contributed by atoms with Gasteiger partial charge in [0.1, 0.15) is 11.7 Å². The van der Waals surface area contributed by atoms with Crippen molar-refractivity contribution in [3.8, 4) is 0 Å². The van der Waals surface area contributed by atoms with Crippen molar-refractivity contribution in [1.29, 1.82) is 0 Å². The number of nitrogens with one attached hydrogen (secondary N) is 1. The van der Waals surface area contributed by atoms with Crippen LogP contribution in [-0.4, -0.2) is 69.7 Å². The molecular weight excluding hydrogens is 531 g/mol. The molecule has 0 aromatic carbocycles. The molecule has 1 saturated heterocycles.